The summed E-state index contributed by atoms with van der Waals surface area (Å²) in [5.41, 5.74) is 12.6. The Morgan fingerprint density at radius 2 is 0.940 bits per heavy atom. The van der Waals surface area contributed by atoms with Gasteiger partial charge >= 0.3 is 0 Å². The molecule has 4 heteroatoms. The van der Waals surface area contributed by atoms with Gasteiger partial charge in [0.05, 0.1) is 33.5 Å². The lowest BCUT2D eigenvalue weighted by atomic mass is 9.99. The zero-order chi connectivity index (χ0) is 33.9. The van der Waals surface area contributed by atoms with Gasteiger partial charge in [0.25, 0.3) is 11.8 Å². The average Bonchev–Trinajstić information content (AvgIpc) is 3.63. The lowest BCUT2D eigenvalue weighted by molar-refractivity contribution is 0.0926. The number of anilines is 1. The molecule has 0 radical (unpaired) electrons. The highest BCUT2D eigenvalue weighted by Gasteiger charge is 2.39. The second-order valence-electron chi connectivity index (χ2n) is 13.0. The van der Waals surface area contributed by atoms with Crippen molar-refractivity contribution in [2.45, 2.75) is 13.8 Å². The molecule has 0 fully saturated rings. The van der Waals surface area contributed by atoms with Gasteiger partial charge in [-0.15, -0.1) is 0 Å². The number of imide groups is 1. The highest BCUT2D eigenvalue weighted by molar-refractivity contribution is 6.36. The molecule has 2 amide bonds. The van der Waals surface area contributed by atoms with E-state index in [9.17, 15) is 9.59 Å². The highest BCUT2D eigenvalue weighted by atomic mass is 16.2. The van der Waals surface area contributed by atoms with E-state index >= 15 is 0 Å². The molecule has 0 saturated carbocycles. The van der Waals surface area contributed by atoms with E-state index in [-0.39, 0.29) is 11.8 Å². The molecule has 9 rings (SSSR count). The van der Waals surface area contributed by atoms with Gasteiger partial charge in [0.15, 0.2) is 0 Å². The standard InChI is InChI=1S/C46H32N2O2/c1-29-12-6-17-33(26-29)36-20-9-22-38-39-23-10-21-37(34-18-7-13-30(2)27-34)44(39)48(43(36)38)41-25-11-24-40-42(41)46(50)47(45(40)49)35-19-8-16-32(28-35)31-14-4-3-5-15-31/h3-28H,1-2H3. The van der Waals surface area contributed by atoms with Gasteiger partial charge in [-0.3, -0.25) is 9.59 Å². The number of aryl methyl sites for hydroxylation is 2. The fourth-order valence-electron chi connectivity index (χ4n) is 7.59. The minimum absolute atomic E-state index is 0.323. The zero-order valence-corrected chi connectivity index (χ0v) is 27.7. The van der Waals surface area contributed by atoms with Crippen molar-refractivity contribution in [3.63, 3.8) is 0 Å². The van der Waals surface area contributed by atoms with E-state index in [2.05, 4.69) is 103 Å². The molecule has 1 aromatic heterocycles. The normalized spacial score (nSPS) is 12.6. The van der Waals surface area contributed by atoms with Crippen molar-refractivity contribution in [2.75, 3.05) is 4.90 Å². The molecule has 7 aromatic carbocycles. The molecule has 1 aliphatic heterocycles. The Kier molecular flexibility index (Phi) is 6.85. The number of para-hydroxylation sites is 2. The first kappa shape index (κ1) is 29.6. The van der Waals surface area contributed by atoms with Crippen LogP contribution in [0.2, 0.25) is 0 Å². The van der Waals surface area contributed by atoms with E-state index in [1.807, 2.05) is 66.7 Å². The van der Waals surface area contributed by atoms with E-state index in [0.29, 0.717) is 22.5 Å². The molecule has 50 heavy (non-hydrogen) atoms. The molecule has 0 bridgehead atoms. The minimum Gasteiger partial charge on any atom is -0.307 e. The van der Waals surface area contributed by atoms with Crippen LogP contribution in [0.25, 0.3) is 60.9 Å². The summed E-state index contributed by atoms with van der Waals surface area (Å²) in [5, 5.41) is 2.16. The van der Waals surface area contributed by atoms with E-state index in [0.717, 1.165) is 66.3 Å². The topological polar surface area (TPSA) is 42.3 Å². The fourth-order valence-corrected chi connectivity index (χ4v) is 7.59. The maximum absolute atomic E-state index is 14.7. The maximum Gasteiger partial charge on any atom is 0.268 e. The van der Waals surface area contributed by atoms with Gasteiger partial charge in [-0.05, 0) is 60.4 Å². The van der Waals surface area contributed by atoms with Crippen LogP contribution in [0.3, 0.4) is 0 Å². The van der Waals surface area contributed by atoms with Crippen LogP contribution >= 0.6 is 0 Å². The Labute approximate surface area is 290 Å². The lowest BCUT2D eigenvalue weighted by Crippen LogP contribution is -2.29. The lowest BCUT2D eigenvalue weighted by Gasteiger charge is -2.17. The molecule has 8 aromatic rings. The van der Waals surface area contributed by atoms with Gasteiger partial charge in [0.1, 0.15) is 0 Å². The number of amides is 2. The number of carbonyl (C=O) groups is 2. The number of rotatable bonds is 5. The quantitative estimate of drug-likeness (QED) is 0.175. The molecule has 0 spiro atoms. The van der Waals surface area contributed by atoms with Crippen molar-refractivity contribution < 1.29 is 9.59 Å². The van der Waals surface area contributed by atoms with Crippen LogP contribution in [0.1, 0.15) is 31.8 Å². The number of hydrogen-bond acceptors (Lipinski definition) is 2. The van der Waals surface area contributed by atoms with Crippen LogP contribution in [0.5, 0.6) is 0 Å². The maximum atomic E-state index is 14.7. The van der Waals surface area contributed by atoms with Crippen LogP contribution in [0.15, 0.2) is 158 Å². The molecule has 4 nitrogen and oxygen atoms in total. The van der Waals surface area contributed by atoms with Gasteiger partial charge in [0, 0.05) is 21.9 Å². The zero-order valence-electron chi connectivity index (χ0n) is 27.7. The van der Waals surface area contributed by atoms with Crippen LogP contribution in [0, 0.1) is 13.8 Å². The Bertz CT molecular complexity index is 2560. The molecule has 1 aliphatic rings. The van der Waals surface area contributed by atoms with E-state index in [4.69, 9.17) is 0 Å². The molecule has 0 saturated heterocycles. The number of fused-ring (bicyclic) bond motifs is 4. The molecular weight excluding hydrogens is 613 g/mol. The summed E-state index contributed by atoms with van der Waals surface area (Å²) in [7, 11) is 0. The fraction of sp³-hybridized carbons (Fsp3) is 0.0435. The average molecular weight is 645 g/mol. The second kappa shape index (κ2) is 11.6. The summed E-state index contributed by atoms with van der Waals surface area (Å²) >= 11 is 0. The third-order valence-corrected chi connectivity index (χ3v) is 9.81. The summed E-state index contributed by atoms with van der Waals surface area (Å²) in [4.78, 5) is 30.3. The Morgan fingerprint density at radius 1 is 0.420 bits per heavy atom. The molecule has 0 aliphatic carbocycles. The van der Waals surface area contributed by atoms with Gasteiger partial charge in [0.2, 0.25) is 0 Å². The Hall–Kier alpha value is -6.52. The number of aromatic nitrogens is 1. The minimum atomic E-state index is -0.332. The predicted octanol–water partition coefficient (Wildman–Crippen LogP) is 11.2. The van der Waals surface area contributed by atoms with Crippen LogP contribution in [-0.2, 0) is 0 Å². The summed E-state index contributed by atoms with van der Waals surface area (Å²) in [6.07, 6.45) is 0. The van der Waals surface area contributed by atoms with Gasteiger partial charge in [-0.2, -0.15) is 0 Å². The molecule has 2 heterocycles. The Morgan fingerprint density at radius 3 is 1.56 bits per heavy atom. The summed E-state index contributed by atoms with van der Waals surface area (Å²) < 4.78 is 2.23. The molecular formula is C46H32N2O2. The third-order valence-electron chi connectivity index (χ3n) is 9.81. The van der Waals surface area contributed by atoms with E-state index in [1.54, 1.807) is 6.07 Å². The van der Waals surface area contributed by atoms with Gasteiger partial charge < -0.3 is 4.57 Å². The summed E-state index contributed by atoms with van der Waals surface area (Å²) in [5.74, 6) is -0.655. The van der Waals surface area contributed by atoms with Gasteiger partial charge in [-0.25, -0.2) is 4.90 Å². The largest absolute Gasteiger partial charge is 0.307 e. The van der Waals surface area contributed by atoms with Crippen molar-refractivity contribution in [1.82, 2.24) is 4.57 Å². The molecule has 0 unspecified atom stereocenters. The monoisotopic (exact) mass is 644 g/mol. The molecule has 0 atom stereocenters. The van der Waals surface area contributed by atoms with Crippen molar-refractivity contribution in [3.8, 4) is 39.1 Å². The molecule has 0 N–H and O–H groups in total. The summed E-state index contributed by atoms with van der Waals surface area (Å²) in [6.45, 7) is 4.20. The van der Waals surface area contributed by atoms with Crippen LogP contribution < -0.4 is 4.90 Å². The van der Waals surface area contributed by atoms with Crippen molar-refractivity contribution in [2.24, 2.45) is 0 Å². The van der Waals surface area contributed by atoms with Gasteiger partial charge in [-0.1, -0.05) is 145 Å². The third kappa shape index (κ3) is 4.61. The number of carbonyl (C=O) groups excluding carboxylic acids is 2. The van der Waals surface area contributed by atoms with Crippen molar-refractivity contribution in [3.05, 3.63) is 180 Å². The predicted molar refractivity (Wildman–Crippen MR) is 204 cm³/mol. The van der Waals surface area contributed by atoms with Crippen molar-refractivity contribution in [1.29, 1.82) is 0 Å². The van der Waals surface area contributed by atoms with Crippen LogP contribution in [-0.4, -0.2) is 16.4 Å². The Balaban J connectivity index is 1.33. The number of hydrogen-bond donors (Lipinski definition) is 0. The second-order valence-corrected chi connectivity index (χ2v) is 13.0. The van der Waals surface area contributed by atoms with Crippen LogP contribution in [0.4, 0.5) is 5.69 Å². The first-order valence-corrected chi connectivity index (χ1v) is 16.9. The highest BCUT2D eigenvalue weighted by Crippen LogP contribution is 2.44. The smallest absolute Gasteiger partial charge is 0.268 e. The first-order valence-electron chi connectivity index (χ1n) is 16.9. The number of benzene rings is 7. The van der Waals surface area contributed by atoms with E-state index in [1.165, 1.54) is 4.90 Å². The SMILES string of the molecule is Cc1cccc(-c2cccc3c4cccc(-c5cccc(C)c5)c4n(-c4cccc5c4C(=O)N(c4cccc(-c6ccccc6)c4)C5=O)c23)c1. The molecule has 238 valence electrons. The summed E-state index contributed by atoms with van der Waals surface area (Å²) in [6, 6.07) is 53.2. The van der Waals surface area contributed by atoms with E-state index < -0.39 is 0 Å². The van der Waals surface area contributed by atoms with Crippen molar-refractivity contribution >= 4 is 39.3 Å². The number of nitrogens with zero attached hydrogens (tertiary/aromatic N) is 2. The first-order chi connectivity index (χ1) is 24.5.